The predicted molar refractivity (Wildman–Crippen MR) is 153 cm³/mol. The van der Waals surface area contributed by atoms with Crippen molar-refractivity contribution in [2.75, 3.05) is 7.11 Å². The molecule has 39 heavy (non-hydrogen) atoms. The smallest absolute Gasteiger partial charge is 0.335 e. The third-order valence-electron chi connectivity index (χ3n) is 6.09. The van der Waals surface area contributed by atoms with Gasteiger partial charge >= 0.3 is 5.97 Å². The van der Waals surface area contributed by atoms with Crippen LogP contribution in [0.5, 0.6) is 5.75 Å². The highest BCUT2D eigenvalue weighted by Gasteiger charge is 2.34. The van der Waals surface area contributed by atoms with Crippen LogP contribution in [-0.2, 0) is 11.3 Å². The lowest BCUT2D eigenvalue weighted by Crippen LogP contribution is -2.28. The van der Waals surface area contributed by atoms with Crippen LogP contribution in [0.1, 0.15) is 27.2 Å². The van der Waals surface area contributed by atoms with E-state index in [0.29, 0.717) is 38.1 Å². The highest BCUT2D eigenvalue weighted by molar-refractivity contribution is 8.18. The van der Waals surface area contributed by atoms with Gasteiger partial charge < -0.3 is 14.3 Å². The van der Waals surface area contributed by atoms with Crippen molar-refractivity contribution in [3.05, 3.63) is 111 Å². The van der Waals surface area contributed by atoms with E-state index in [4.69, 9.17) is 25.7 Å². The monoisotopic (exact) mass is 558 g/mol. The maximum absolute atomic E-state index is 13.5. The summed E-state index contributed by atoms with van der Waals surface area (Å²) in [6.45, 7) is 2.20. The molecule has 4 aromatic rings. The molecular weight excluding hydrogens is 536 g/mol. The van der Waals surface area contributed by atoms with Gasteiger partial charge in [0, 0.05) is 16.7 Å². The number of aromatic carboxylic acids is 1. The number of carbonyl (C=O) groups is 2. The fraction of sp³-hybridized carbons (Fsp3) is 0.100. The Balaban J connectivity index is 1.47. The van der Waals surface area contributed by atoms with Gasteiger partial charge in [-0.15, -0.1) is 0 Å². The van der Waals surface area contributed by atoms with E-state index in [1.165, 1.54) is 23.9 Å². The molecule has 0 saturated carbocycles. The van der Waals surface area contributed by atoms with E-state index in [0.717, 1.165) is 16.7 Å². The van der Waals surface area contributed by atoms with Gasteiger partial charge in [0.15, 0.2) is 5.17 Å². The van der Waals surface area contributed by atoms with E-state index in [2.05, 4.69) is 0 Å². The van der Waals surface area contributed by atoms with Crippen molar-refractivity contribution in [3.8, 4) is 17.1 Å². The number of hydrogen-bond donors (Lipinski definition) is 1. The SMILES string of the molecule is COc1ccc(N=C2S/C(=C\c3ccc(-c4cc(Cl)ccc4C)o3)C(=O)N2Cc2ccc(C(=O)O)cc2)cc1. The Morgan fingerprint density at radius 2 is 1.82 bits per heavy atom. The fourth-order valence-corrected chi connectivity index (χ4v) is 5.15. The largest absolute Gasteiger partial charge is 0.497 e. The zero-order valence-corrected chi connectivity index (χ0v) is 22.6. The maximum Gasteiger partial charge on any atom is 0.335 e. The zero-order valence-electron chi connectivity index (χ0n) is 21.1. The molecule has 7 nitrogen and oxygen atoms in total. The molecule has 1 aromatic heterocycles. The number of benzene rings is 3. The number of carboxylic acids is 1. The topological polar surface area (TPSA) is 92.3 Å². The van der Waals surface area contributed by atoms with E-state index in [1.807, 2.05) is 49.4 Å². The standard InChI is InChI=1S/C30H23ClN2O5S/c1-18-3-8-21(31)15-25(18)26-14-13-24(38-26)16-27-28(34)33(17-19-4-6-20(7-5-19)29(35)36)30(39-27)32-22-9-11-23(37-2)12-10-22/h3-16H,17H2,1-2H3,(H,35,36)/b27-16-,32-30?. The minimum atomic E-state index is -1.01. The van der Waals surface area contributed by atoms with E-state index in [9.17, 15) is 14.7 Å². The van der Waals surface area contributed by atoms with E-state index in [-0.39, 0.29) is 18.0 Å². The second-order valence-corrected chi connectivity index (χ2v) is 10.2. The van der Waals surface area contributed by atoms with Crippen molar-refractivity contribution < 1.29 is 23.8 Å². The van der Waals surface area contributed by atoms with Crippen LogP contribution >= 0.6 is 23.4 Å². The van der Waals surface area contributed by atoms with Crippen molar-refractivity contribution in [2.45, 2.75) is 13.5 Å². The first-order chi connectivity index (χ1) is 18.8. The maximum atomic E-state index is 13.5. The number of amidine groups is 1. The average Bonchev–Trinajstić information content (AvgIpc) is 3.51. The van der Waals surface area contributed by atoms with Crippen molar-refractivity contribution in [2.24, 2.45) is 4.99 Å². The number of aryl methyl sites for hydroxylation is 1. The van der Waals surface area contributed by atoms with Gasteiger partial charge in [0.05, 0.1) is 29.8 Å². The molecule has 1 N–H and O–H groups in total. The second kappa shape index (κ2) is 11.2. The lowest BCUT2D eigenvalue weighted by Gasteiger charge is -2.16. The van der Waals surface area contributed by atoms with Gasteiger partial charge in [-0.05, 0) is 90.5 Å². The average molecular weight is 559 g/mol. The number of amides is 1. The summed E-state index contributed by atoms with van der Waals surface area (Å²) in [5.74, 6) is 0.642. The fourth-order valence-electron chi connectivity index (χ4n) is 4.00. The number of furan rings is 1. The lowest BCUT2D eigenvalue weighted by molar-refractivity contribution is -0.122. The summed E-state index contributed by atoms with van der Waals surface area (Å²) in [6, 6.07) is 22.9. The third-order valence-corrected chi connectivity index (χ3v) is 7.33. The van der Waals surface area contributed by atoms with Crippen molar-refractivity contribution in [1.82, 2.24) is 4.90 Å². The molecule has 0 unspecified atom stereocenters. The Bertz CT molecular complexity index is 1610. The quantitative estimate of drug-likeness (QED) is 0.237. The number of ether oxygens (including phenoxy) is 1. The molecule has 1 amide bonds. The number of halogens is 1. The van der Waals surface area contributed by atoms with Crippen LogP contribution in [0, 0.1) is 6.92 Å². The Morgan fingerprint density at radius 3 is 2.51 bits per heavy atom. The van der Waals surface area contributed by atoms with Crippen LogP contribution < -0.4 is 4.74 Å². The molecule has 9 heteroatoms. The van der Waals surface area contributed by atoms with Crippen molar-refractivity contribution >= 4 is 52.2 Å². The molecule has 3 aromatic carbocycles. The molecule has 0 aliphatic carbocycles. The molecule has 0 atom stereocenters. The van der Waals surface area contributed by atoms with Gasteiger partial charge in [0.25, 0.3) is 5.91 Å². The lowest BCUT2D eigenvalue weighted by atomic mass is 10.1. The molecule has 0 spiro atoms. The van der Waals surface area contributed by atoms with Gasteiger partial charge in [-0.25, -0.2) is 9.79 Å². The van der Waals surface area contributed by atoms with Gasteiger partial charge in [-0.2, -0.15) is 0 Å². The van der Waals surface area contributed by atoms with Crippen LogP contribution in [0.15, 0.2) is 93.2 Å². The highest BCUT2D eigenvalue weighted by Crippen LogP contribution is 2.37. The first-order valence-electron chi connectivity index (χ1n) is 11.9. The van der Waals surface area contributed by atoms with Crippen molar-refractivity contribution in [1.29, 1.82) is 0 Å². The molecule has 0 bridgehead atoms. The number of methoxy groups -OCH3 is 1. The molecule has 196 valence electrons. The molecule has 2 heterocycles. The van der Waals surface area contributed by atoms with E-state index >= 15 is 0 Å². The second-order valence-electron chi connectivity index (χ2n) is 8.76. The minimum Gasteiger partial charge on any atom is -0.497 e. The minimum absolute atomic E-state index is 0.178. The Morgan fingerprint density at radius 1 is 1.08 bits per heavy atom. The van der Waals surface area contributed by atoms with E-state index < -0.39 is 5.97 Å². The summed E-state index contributed by atoms with van der Waals surface area (Å²) in [7, 11) is 1.59. The van der Waals surface area contributed by atoms with Gasteiger partial charge in [0.1, 0.15) is 17.3 Å². The number of carbonyl (C=O) groups excluding carboxylic acids is 1. The van der Waals surface area contributed by atoms with Gasteiger partial charge in [0.2, 0.25) is 0 Å². The summed E-state index contributed by atoms with van der Waals surface area (Å²) in [5.41, 5.74) is 3.51. The first-order valence-corrected chi connectivity index (χ1v) is 13.1. The molecule has 1 fully saturated rings. The third kappa shape index (κ3) is 5.92. The Labute approximate surface area is 234 Å². The van der Waals surface area contributed by atoms with Crippen LogP contribution in [0.4, 0.5) is 5.69 Å². The van der Waals surface area contributed by atoms with Gasteiger partial charge in [-0.1, -0.05) is 29.8 Å². The van der Waals surface area contributed by atoms with E-state index in [1.54, 1.807) is 42.4 Å². The summed E-state index contributed by atoms with van der Waals surface area (Å²) in [6.07, 6.45) is 1.70. The molecule has 1 aliphatic rings. The number of carboxylic acid groups (broad SMARTS) is 1. The molecule has 0 radical (unpaired) electrons. The predicted octanol–water partition coefficient (Wildman–Crippen LogP) is 7.42. The Kier molecular flexibility index (Phi) is 7.58. The number of rotatable bonds is 7. The number of aliphatic imine (C=N–C) groups is 1. The molecule has 1 saturated heterocycles. The first kappa shape index (κ1) is 26.3. The van der Waals surface area contributed by atoms with Gasteiger partial charge in [-0.3, -0.25) is 9.69 Å². The summed E-state index contributed by atoms with van der Waals surface area (Å²) in [5, 5.41) is 10.3. The normalized spacial score (nSPS) is 15.4. The highest BCUT2D eigenvalue weighted by atomic mass is 35.5. The van der Waals surface area contributed by atoms with Crippen LogP contribution in [0.25, 0.3) is 17.4 Å². The number of thioether (sulfide) groups is 1. The number of nitrogens with zero attached hydrogens (tertiary/aromatic N) is 2. The van der Waals surface area contributed by atoms with Crippen LogP contribution in [0.2, 0.25) is 5.02 Å². The summed E-state index contributed by atoms with van der Waals surface area (Å²) >= 11 is 7.43. The van der Waals surface area contributed by atoms with Crippen LogP contribution in [-0.4, -0.2) is 34.2 Å². The Hall–Kier alpha value is -4.27. The van der Waals surface area contributed by atoms with Crippen LogP contribution in [0.3, 0.4) is 0 Å². The zero-order chi connectivity index (χ0) is 27.5. The summed E-state index contributed by atoms with van der Waals surface area (Å²) < 4.78 is 11.3. The molecular formula is C30H23ClN2O5S. The van der Waals surface area contributed by atoms with Crippen molar-refractivity contribution in [3.63, 3.8) is 0 Å². The number of hydrogen-bond acceptors (Lipinski definition) is 6. The molecule has 5 rings (SSSR count). The summed E-state index contributed by atoms with van der Waals surface area (Å²) in [4.78, 5) is 31.5. The molecule has 1 aliphatic heterocycles.